The van der Waals surface area contributed by atoms with Crippen molar-refractivity contribution in [2.24, 2.45) is 11.8 Å². The zero-order valence-corrected chi connectivity index (χ0v) is 23.4. The molecule has 0 aromatic heterocycles. The molecule has 38 heavy (non-hydrogen) atoms. The molecule has 3 rings (SSSR count). The lowest BCUT2D eigenvalue weighted by molar-refractivity contribution is -0.204. The van der Waals surface area contributed by atoms with E-state index < -0.39 is 0 Å². The highest BCUT2D eigenvalue weighted by molar-refractivity contribution is 5.69. The van der Waals surface area contributed by atoms with Crippen molar-refractivity contribution in [1.82, 2.24) is 5.32 Å². The van der Waals surface area contributed by atoms with E-state index in [1.165, 1.54) is 7.11 Å². The Kier molecular flexibility index (Phi) is 14.5. The van der Waals surface area contributed by atoms with Gasteiger partial charge in [0.1, 0.15) is 0 Å². The average molecular weight is 540 g/mol. The van der Waals surface area contributed by atoms with Crippen molar-refractivity contribution in [2.75, 3.05) is 33.5 Å². The first kappa shape index (κ1) is 30.9. The van der Waals surface area contributed by atoms with Crippen LogP contribution in [0.15, 0.2) is 12.2 Å². The largest absolute Gasteiger partial charge is 0.469 e. The van der Waals surface area contributed by atoms with Gasteiger partial charge in [0.25, 0.3) is 0 Å². The first-order valence-electron chi connectivity index (χ1n) is 14.8. The second-order valence-electron chi connectivity index (χ2n) is 10.6. The number of hydrogen-bond acceptors (Lipinski definition) is 8. The Labute approximate surface area is 228 Å². The molecular formula is C29H49NO8. The number of carbonyl (C=O) groups excluding carboxylic acids is 2. The molecule has 218 valence electrons. The fourth-order valence-electron chi connectivity index (χ4n) is 5.46. The second kappa shape index (κ2) is 17.8. The molecule has 0 bridgehead atoms. The van der Waals surface area contributed by atoms with E-state index >= 15 is 0 Å². The molecule has 1 N–H and O–H groups in total. The monoisotopic (exact) mass is 539 g/mol. The summed E-state index contributed by atoms with van der Waals surface area (Å²) in [6, 6.07) is 0. The molecule has 2 unspecified atom stereocenters. The van der Waals surface area contributed by atoms with Crippen molar-refractivity contribution in [3.8, 4) is 0 Å². The lowest BCUT2D eigenvalue weighted by Gasteiger charge is -2.30. The lowest BCUT2D eigenvalue weighted by atomic mass is 9.90. The number of hydrogen-bond donors (Lipinski definition) is 1. The molecule has 1 saturated carbocycles. The predicted octanol–water partition coefficient (Wildman–Crippen LogP) is 5.26. The van der Waals surface area contributed by atoms with Gasteiger partial charge < -0.3 is 33.7 Å². The number of nitrogens with one attached hydrogen (secondary N) is 1. The van der Waals surface area contributed by atoms with Crippen LogP contribution in [0.5, 0.6) is 0 Å². The number of esters is 1. The van der Waals surface area contributed by atoms with E-state index in [4.69, 9.17) is 28.4 Å². The molecule has 2 heterocycles. The van der Waals surface area contributed by atoms with Crippen LogP contribution < -0.4 is 5.32 Å². The van der Waals surface area contributed by atoms with E-state index in [-0.39, 0.29) is 55.3 Å². The second-order valence-corrected chi connectivity index (χ2v) is 10.6. The van der Waals surface area contributed by atoms with E-state index in [0.29, 0.717) is 26.0 Å². The standard InChI is InChI=1S/C29H49NO8/c1-3-4-17-30-29(32)36-21-23-22(13-7-5-6-8-14-26(31)33-2)24(37-27-15-9-11-18-34-27)20-25(23)38-28-16-10-12-19-35-28/h5,7,22-25,27-28H,3-4,6,8-21H2,1-2H3,(H,30,32)/b7-5-/t22-,23-,24+,25-,27?,28?/m1/s1. The van der Waals surface area contributed by atoms with Gasteiger partial charge in [-0.2, -0.15) is 0 Å². The average Bonchev–Trinajstić information content (AvgIpc) is 3.25. The highest BCUT2D eigenvalue weighted by Gasteiger charge is 2.46. The summed E-state index contributed by atoms with van der Waals surface area (Å²) in [5, 5.41) is 2.85. The number of carbonyl (C=O) groups is 2. The molecule has 3 fully saturated rings. The van der Waals surface area contributed by atoms with Crippen LogP contribution in [-0.2, 0) is 33.2 Å². The van der Waals surface area contributed by atoms with Crippen LogP contribution in [0.2, 0.25) is 0 Å². The third-order valence-corrected chi connectivity index (χ3v) is 7.66. The summed E-state index contributed by atoms with van der Waals surface area (Å²) < 4.78 is 35.3. The third kappa shape index (κ3) is 10.8. The maximum Gasteiger partial charge on any atom is 0.407 e. The minimum Gasteiger partial charge on any atom is -0.469 e. The van der Waals surface area contributed by atoms with Gasteiger partial charge in [0.2, 0.25) is 0 Å². The van der Waals surface area contributed by atoms with Crippen molar-refractivity contribution in [1.29, 1.82) is 0 Å². The molecule has 0 spiro atoms. The number of ether oxygens (including phenoxy) is 6. The maximum atomic E-state index is 12.4. The van der Waals surface area contributed by atoms with Gasteiger partial charge in [-0.25, -0.2) is 4.79 Å². The summed E-state index contributed by atoms with van der Waals surface area (Å²) in [4.78, 5) is 23.8. The number of unbranched alkanes of at least 4 members (excludes halogenated alkanes) is 2. The zero-order valence-electron chi connectivity index (χ0n) is 23.4. The Morgan fingerprint density at radius 2 is 1.61 bits per heavy atom. The topological polar surface area (TPSA) is 102 Å². The number of alkyl carbamates (subject to hydrolysis) is 1. The smallest absolute Gasteiger partial charge is 0.407 e. The fourth-order valence-corrected chi connectivity index (χ4v) is 5.46. The Morgan fingerprint density at radius 3 is 2.21 bits per heavy atom. The molecule has 2 aliphatic heterocycles. The van der Waals surface area contributed by atoms with E-state index in [1.807, 2.05) is 0 Å². The molecule has 2 saturated heterocycles. The van der Waals surface area contributed by atoms with Gasteiger partial charge >= 0.3 is 12.1 Å². The van der Waals surface area contributed by atoms with Gasteiger partial charge in [-0.1, -0.05) is 25.5 Å². The van der Waals surface area contributed by atoms with Crippen LogP contribution in [0.4, 0.5) is 4.79 Å². The molecule has 0 radical (unpaired) electrons. The molecule has 3 aliphatic rings. The Hall–Kier alpha value is -1.68. The normalized spacial score (nSPS) is 29.8. The van der Waals surface area contributed by atoms with Crippen LogP contribution in [0.1, 0.15) is 90.4 Å². The van der Waals surface area contributed by atoms with Gasteiger partial charge in [-0.15, -0.1) is 0 Å². The van der Waals surface area contributed by atoms with Gasteiger partial charge in [-0.3, -0.25) is 4.79 Å². The first-order valence-corrected chi connectivity index (χ1v) is 14.8. The molecule has 9 nitrogen and oxygen atoms in total. The van der Waals surface area contributed by atoms with Crippen LogP contribution in [0.3, 0.4) is 0 Å². The molecule has 0 aromatic carbocycles. The summed E-state index contributed by atoms with van der Waals surface area (Å²) in [7, 11) is 1.41. The van der Waals surface area contributed by atoms with Gasteiger partial charge in [-0.05, 0) is 70.1 Å². The van der Waals surface area contributed by atoms with Crippen LogP contribution in [0, 0.1) is 11.8 Å². The van der Waals surface area contributed by atoms with Crippen molar-refractivity contribution < 1.29 is 38.0 Å². The number of amides is 1. The highest BCUT2D eigenvalue weighted by atomic mass is 16.7. The van der Waals surface area contributed by atoms with Crippen LogP contribution in [-0.4, -0.2) is 70.3 Å². The van der Waals surface area contributed by atoms with Gasteiger partial charge in [0, 0.05) is 38.5 Å². The number of methoxy groups -OCH3 is 1. The number of allylic oxidation sites excluding steroid dienone is 2. The Morgan fingerprint density at radius 1 is 0.921 bits per heavy atom. The van der Waals surface area contributed by atoms with Gasteiger partial charge in [0.15, 0.2) is 12.6 Å². The van der Waals surface area contributed by atoms with E-state index in [1.54, 1.807) is 0 Å². The lowest BCUT2D eigenvalue weighted by Crippen LogP contribution is -2.36. The summed E-state index contributed by atoms with van der Waals surface area (Å²) in [5.41, 5.74) is 0. The zero-order chi connectivity index (χ0) is 27.0. The van der Waals surface area contributed by atoms with Gasteiger partial charge in [0.05, 0.1) is 25.9 Å². The minimum atomic E-state index is -0.386. The Bertz CT molecular complexity index is 705. The SMILES string of the molecule is CCCCNC(=O)OC[C@@H]1[C@@H](C/C=C\CCCC(=O)OC)[C@@H](OC2CCCCO2)C[C@H]1OC1CCCCO1. The highest BCUT2D eigenvalue weighted by Crippen LogP contribution is 2.41. The van der Waals surface area contributed by atoms with Crippen LogP contribution in [0.25, 0.3) is 0 Å². The summed E-state index contributed by atoms with van der Waals surface area (Å²) in [6.45, 7) is 4.40. The summed E-state index contributed by atoms with van der Waals surface area (Å²) >= 11 is 0. The minimum absolute atomic E-state index is 0.0224. The predicted molar refractivity (Wildman–Crippen MR) is 142 cm³/mol. The maximum absolute atomic E-state index is 12.4. The van der Waals surface area contributed by atoms with Crippen LogP contribution >= 0.6 is 0 Å². The molecule has 6 atom stereocenters. The van der Waals surface area contributed by atoms with Crippen molar-refractivity contribution in [3.05, 3.63) is 12.2 Å². The van der Waals surface area contributed by atoms with Crippen molar-refractivity contribution >= 4 is 12.1 Å². The summed E-state index contributed by atoms with van der Waals surface area (Å²) in [6.07, 6.45) is 14.7. The van der Waals surface area contributed by atoms with E-state index in [0.717, 1.165) is 77.2 Å². The quantitative estimate of drug-likeness (QED) is 0.171. The number of rotatable bonds is 15. The summed E-state index contributed by atoms with van der Waals surface area (Å²) in [5.74, 6) is -0.102. The molecule has 0 aromatic rings. The fraction of sp³-hybridized carbons (Fsp3) is 0.862. The van der Waals surface area contributed by atoms with E-state index in [9.17, 15) is 9.59 Å². The third-order valence-electron chi connectivity index (χ3n) is 7.66. The van der Waals surface area contributed by atoms with E-state index in [2.05, 4.69) is 24.4 Å². The molecule has 1 aliphatic carbocycles. The first-order chi connectivity index (χ1) is 18.6. The van der Waals surface area contributed by atoms with Crippen molar-refractivity contribution in [3.63, 3.8) is 0 Å². The molecule has 9 heteroatoms. The Balaban J connectivity index is 1.66. The molecule has 1 amide bonds. The van der Waals surface area contributed by atoms with Crippen molar-refractivity contribution in [2.45, 2.75) is 115 Å². The molecular weight excluding hydrogens is 490 g/mol.